The average molecular weight is 449 g/mol. The Hall–Kier alpha value is -3.15. The van der Waals surface area contributed by atoms with E-state index in [0.717, 1.165) is 16.9 Å². The molecule has 2 aromatic carbocycles. The van der Waals surface area contributed by atoms with Gasteiger partial charge in [0.25, 0.3) is 0 Å². The third-order valence-electron chi connectivity index (χ3n) is 4.02. The molecule has 0 aliphatic rings. The predicted octanol–water partition coefficient (Wildman–Crippen LogP) is 3.99. The molecule has 0 saturated carbocycles. The van der Waals surface area contributed by atoms with Crippen LogP contribution < -0.4 is 10.5 Å². The average Bonchev–Trinajstić information content (AvgIpc) is 2.95. The predicted molar refractivity (Wildman–Crippen MR) is 94.2 cm³/mol. The zero-order valence-electron chi connectivity index (χ0n) is 15.3. The van der Waals surface area contributed by atoms with Crippen LogP contribution in [0.25, 0.3) is 16.9 Å². The minimum atomic E-state index is -4.98. The topological polar surface area (TPSA) is 78.5 Å². The van der Waals surface area contributed by atoms with E-state index in [0.29, 0.717) is 18.4 Å². The summed E-state index contributed by atoms with van der Waals surface area (Å²) in [6, 6.07) is 4.76. The van der Waals surface area contributed by atoms with Gasteiger partial charge in [0.1, 0.15) is 28.5 Å². The molecule has 0 unspecified atom stereocenters. The molecule has 0 spiro atoms. The molecular formula is C18H12F5NO5S. The molecule has 12 heteroatoms. The number of rotatable bonds is 4. The Balaban J connectivity index is 2.19. The lowest BCUT2D eigenvalue weighted by Gasteiger charge is -2.14. The van der Waals surface area contributed by atoms with E-state index in [1.807, 2.05) is 0 Å². The van der Waals surface area contributed by atoms with Crippen molar-refractivity contribution in [2.75, 3.05) is 6.26 Å². The SMILES string of the molecule is Cc1ccc(-n2c(-c3cc(F)c(S(C)(=O)=O)c(F)c3)coc2=O)cc1OC(F)(F)F. The van der Waals surface area contributed by atoms with E-state index in [4.69, 9.17) is 4.42 Å². The van der Waals surface area contributed by atoms with Gasteiger partial charge in [-0.15, -0.1) is 13.2 Å². The van der Waals surface area contributed by atoms with Gasteiger partial charge in [-0.2, -0.15) is 0 Å². The second kappa shape index (κ2) is 7.27. The van der Waals surface area contributed by atoms with Gasteiger partial charge in [-0.3, -0.25) is 0 Å². The molecule has 0 radical (unpaired) electrons. The van der Waals surface area contributed by atoms with Crippen molar-refractivity contribution in [3.8, 4) is 22.7 Å². The monoisotopic (exact) mass is 449 g/mol. The number of nitrogens with zero attached hydrogens (tertiary/aromatic N) is 1. The highest BCUT2D eigenvalue weighted by Gasteiger charge is 2.32. The van der Waals surface area contributed by atoms with Gasteiger partial charge in [0.15, 0.2) is 9.84 Å². The first kappa shape index (κ1) is 21.6. The molecule has 0 aliphatic heterocycles. The van der Waals surface area contributed by atoms with Gasteiger partial charge in [0.2, 0.25) is 0 Å². The standard InChI is InChI=1S/C18H12F5NO5S/c1-9-3-4-11(7-15(9)29-18(21,22)23)24-14(8-28-17(24)25)10-5-12(19)16(13(20)6-10)30(2,26)27/h3-8H,1-2H3. The van der Waals surface area contributed by atoms with Crippen LogP contribution in [0, 0.1) is 18.6 Å². The highest BCUT2D eigenvalue weighted by molar-refractivity contribution is 7.90. The Morgan fingerprint density at radius 3 is 2.20 bits per heavy atom. The zero-order valence-corrected chi connectivity index (χ0v) is 16.1. The van der Waals surface area contributed by atoms with Gasteiger partial charge in [0.05, 0.1) is 11.4 Å². The van der Waals surface area contributed by atoms with Crippen molar-refractivity contribution in [2.45, 2.75) is 18.2 Å². The maximum atomic E-state index is 14.3. The molecule has 1 aromatic heterocycles. The highest BCUT2D eigenvalue weighted by atomic mass is 32.2. The maximum absolute atomic E-state index is 14.3. The molecule has 0 fully saturated rings. The summed E-state index contributed by atoms with van der Waals surface area (Å²) in [6.07, 6.45) is -3.53. The first-order valence-corrected chi connectivity index (χ1v) is 9.94. The molecule has 0 N–H and O–H groups in total. The van der Waals surface area contributed by atoms with Gasteiger partial charge < -0.3 is 9.15 Å². The first-order chi connectivity index (χ1) is 13.8. The Bertz CT molecular complexity index is 1270. The van der Waals surface area contributed by atoms with Gasteiger partial charge in [0, 0.05) is 17.9 Å². The summed E-state index contributed by atoms with van der Waals surface area (Å²) >= 11 is 0. The molecule has 3 aromatic rings. The van der Waals surface area contributed by atoms with Crippen LogP contribution in [0.3, 0.4) is 0 Å². The van der Waals surface area contributed by atoms with Crippen LogP contribution in [0.5, 0.6) is 5.75 Å². The summed E-state index contributed by atoms with van der Waals surface area (Å²) in [5.41, 5.74) is -0.521. The van der Waals surface area contributed by atoms with Crippen LogP contribution in [0.2, 0.25) is 0 Å². The van der Waals surface area contributed by atoms with Crippen molar-refractivity contribution in [1.82, 2.24) is 4.57 Å². The molecule has 1 heterocycles. The number of oxazole rings is 1. The third-order valence-corrected chi connectivity index (χ3v) is 5.15. The van der Waals surface area contributed by atoms with E-state index >= 15 is 0 Å². The maximum Gasteiger partial charge on any atom is 0.573 e. The van der Waals surface area contributed by atoms with Crippen LogP contribution in [0.15, 0.2) is 50.7 Å². The van der Waals surface area contributed by atoms with Crippen molar-refractivity contribution in [1.29, 1.82) is 0 Å². The quantitative estimate of drug-likeness (QED) is 0.563. The fourth-order valence-corrected chi connectivity index (χ4v) is 3.60. The number of aromatic nitrogens is 1. The summed E-state index contributed by atoms with van der Waals surface area (Å²) in [4.78, 5) is 11.0. The van der Waals surface area contributed by atoms with E-state index in [2.05, 4.69) is 4.74 Å². The Labute approximate surface area is 166 Å². The number of ether oxygens (including phenoxy) is 1. The molecule has 0 amide bonds. The van der Waals surface area contributed by atoms with Gasteiger partial charge >= 0.3 is 12.1 Å². The molecule has 0 aliphatic carbocycles. The summed E-state index contributed by atoms with van der Waals surface area (Å²) in [5, 5.41) is 0. The molecule has 30 heavy (non-hydrogen) atoms. The van der Waals surface area contributed by atoms with E-state index in [9.17, 15) is 35.2 Å². The number of hydrogen-bond acceptors (Lipinski definition) is 5. The molecule has 3 rings (SSSR count). The highest BCUT2D eigenvalue weighted by Crippen LogP contribution is 2.31. The Morgan fingerprint density at radius 2 is 1.67 bits per heavy atom. The Kier molecular flexibility index (Phi) is 5.23. The molecule has 6 nitrogen and oxygen atoms in total. The number of hydrogen-bond donors (Lipinski definition) is 0. The fraction of sp³-hybridized carbons (Fsp3) is 0.167. The minimum Gasteiger partial charge on any atom is -0.415 e. The van der Waals surface area contributed by atoms with E-state index < -0.39 is 44.2 Å². The number of benzene rings is 2. The van der Waals surface area contributed by atoms with E-state index in [1.54, 1.807) is 0 Å². The summed E-state index contributed by atoms with van der Waals surface area (Å²) in [6.45, 7) is 1.35. The van der Waals surface area contributed by atoms with Crippen LogP contribution in [0.1, 0.15) is 5.56 Å². The van der Waals surface area contributed by atoms with Crippen LogP contribution in [-0.2, 0) is 9.84 Å². The smallest absolute Gasteiger partial charge is 0.415 e. The lowest BCUT2D eigenvalue weighted by Crippen LogP contribution is -2.19. The first-order valence-electron chi connectivity index (χ1n) is 8.05. The molecular weight excluding hydrogens is 437 g/mol. The Morgan fingerprint density at radius 1 is 1.07 bits per heavy atom. The van der Waals surface area contributed by atoms with E-state index in [-0.39, 0.29) is 22.5 Å². The fourth-order valence-electron chi connectivity index (χ4n) is 2.78. The minimum absolute atomic E-state index is 0.115. The van der Waals surface area contributed by atoms with Crippen molar-refractivity contribution in [3.05, 3.63) is 64.3 Å². The second-order valence-corrected chi connectivity index (χ2v) is 8.21. The van der Waals surface area contributed by atoms with Crippen LogP contribution >= 0.6 is 0 Å². The second-order valence-electron chi connectivity index (χ2n) is 6.26. The number of halogens is 5. The lowest BCUT2D eigenvalue weighted by molar-refractivity contribution is -0.274. The summed E-state index contributed by atoms with van der Waals surface area (Å²) in [5.74, 6) is -4.46. The molecule has 0 bridgehead atoms. The van der Waals surface area contributed by atoms with Crippen molar-refractivity contribution >= 4 is 9.84 Å². The van der Waals surface area contributed by atoms with Crippen LogP contribution in [-0.4, -0.2) is 25.6 Å². The summed E-state index contributed by atoms with van der Waals surface area (Å²) in [7, 11) is -4.21. The van der Waals surface area contributed by atoms with E-state index in [1.165, 1.54) is 19.1 Å². The third kappa shape index (κ3) is 4.22. The van der Waals surface area contributed by atoms with Crippen molar-refractivity contribution in [3.63, 3.8) is 0 Å². The van der Waals surface area contributed by atoms with Crippen molar-refractivity contribution in [2.24, 2.45) is 0 Å². The summed E-state index contributed by atoms with van der Waals surface area (Å²) < 4.78 is 98.8. The van der Waals surface area contributed by atoms with Crippen molar-refractivity contribution < 1.29 is 39.5 Å². The number of alkyl halides is 3. The number of sulfone groups is 1. The lowest BCUT2D eigenvalue weighted by atomic mass is 10.1. The van der Waals surface area contributed by atoms with Gasteiger partial charge in [-0.25, -0.2) is 26.6 Å². The van der Waals surface area contributed by atoms with Crippen LogP contribution in [0.4, 0.5) is 22.0 Å². The van der Waals surface area contributed by atoms with Gasteiger partial charge in [-0.05, 0) is 30.7 Å². The molecule has 160 valence electrons. The number of aryl methyl sites for hydroxylation is 1. The molecule has 0 saturated heterocycles. The largest absolute Gasteiger partial charge is 0.573 e. The molecule has 0 atom stereocenters. The van der Waals surface area contributed by atoms with Gasteiger partial charge in [-0.1, -0.05) is 6.07 Å². The normalized spacial score (nSPS) is 12.2. The zero-order chi connectivity index (χ0) is 22.4.